The standard InChI is InChI=1S/C13H27N/c1-4-10(2)12-6-5-7-13(9-8-12)11(3)14/h10-13H,4-9,14H2,1-3H3. The zero-order valence-electron chi connectivity index (χ0n) is 10.1. The first-order valence-electron chi connectivity index (χ1n) is 6.40. The Bertz CT molecular complexity index is 153. The van der Waals surface area contributed by atoms with Crippen molar-refractivity contribution in [3.8, 4) is 0 Å². The summed E-state index contributed by atoms with van der Waals surface area (Å²) in [6.45, 7) is 6.91. The molecule has 4 atom stereocenters. The SMILES string of the molecule is CCC(C)C1CCCC(C(C)N)CC1. The molecule has 0 heterocycles. The molecule has 1 rings (SSSR count). The summed E-state index contributed by atoms with van der Waals surface area (Å²) in [5, 5.41) is 0. The molecule has 1 saturated carbocycles. The van der Waals surface area contributed by atoms with Crippen LogP contribution in [0.5, 0.6) is 0 Å². The fraction of sp³-hybridized carbons (Fsp3) is 1.00. The smallest absolute Gasteiger partial charge is 0.00387 e. The number of nitrogens with two attached hydrogens (primary N) is 1. The molecule has 0 aliphatic heterocycles. The van der Waals surface area contributed by atoms with Gasteiger partial charge in [0.2, 0.25) is 0 Å². The molecule has 1 heteroatoms. The van der Waals surface area contributed by atoms with Gasteiger partial charge in [0.25, 0.3) is 0 Å². The first-order chi connectivity index (χ1) is 6.65. The molecule has 14 heavy (non-hydrogen) atoms. The van der Waals surface area contributed by atoms with Gasteiger partial charge < -0.3 is 5.73 Å². The molecule has 1 aliphatic carbocycles. The average molecular weight is 197 g/mol. The Morgan fingerprint density at radius 1 is 1.07 bits per heavy atom. The van der Waals surface area contributed by atoms with E-state index in [4.69, 9.17) is 5.73 Å². The summed E-state index contributed by atoms with van der Waals surface area (Å²) >= 11 is 0. The third kappa shape index (κ3) is 3.27. The normalized spacial score (nSPS) is 33.4. The maximum atomic E-state index is 5.99. The Balaban J connectivity index is 2.40. The lowest BCUT2D eigenvalue weighted by Crippen LogP contribution is -2.26. The van der Waals surface area contributed by atoms with E-state index in [-0.39, 0.29) is 0 Å². The molecule has 1 aliphatic rings. The summed E-state index contributed by atoms with van der Waals surface area (Å²) in [7, 11) is 0. The van der Waals surface area contributed by atoms with E-state index in [2.05, 4.69) is 20.8 Å². The Labute approximate surface area is 89.5 Å². The van der Waals surface area contributed by atoms with Crippen LogP contribution in [0.3, 0.4) is 0 Å². The number of rotatable bonds is 3. The van der Waals surface area contributed by atoms with Crippen molar-refractivity contribution < 1.29 is 0 Å². The fourth-order valence-electron chi connectivity index (χ4n) is 2.79. The zero-order valence-corrected chi connectivity index (χ0v) is 10.1. The lowest BCUT2D eigenvalue weighted by atomic mass is 9.85. The highest BCUT2D eigenvalue weighted by Crippen LogP contribution is 2.33. The molecular weight excluding hydrogens is 170 g/mol. The summed E-state index contributed by atoms with van der Waals surface area (Å²) in [6.07, 6.45) is 8.34. The number of hydrogen-bond acceptors (Lipinski definition) is 1. The molecule has 0 radical (unpaired) electrons. The highest BCUT2D eigenvalue weighted by molar-refractivity contribution is 4.77. The fourth-order valence-corrected chi connectivity index (χ4v) is 2.79. The molecule has 0 aromatic rings. The van der Waals surface area contributed by atoms with Crippen LogP contribution in [-0.4, -0.2) is 6.04 Å². The van der Waals surface area contributed by atoms with Gasteiger partial charge in [0.15, 0.2) is 0 Å². The van der Waals surface area contributed by atoms with Crippen LogP contribution in [0, 0.1) is 17.8 Å². The van der Waals surface area contributed by atoms with Crippen molar-refractivity contribution in [1.29, 1.82) is 0 Å². The largest absolute Gasteiger partial charge is 0.328 e. The van der Waals surface area contributed by atoms with E-state index in [0.717, 1.165) is 17.8 Å². The molecule has 2 N–H and O–H groups in total. The highest BCUT2D eigenvalue weighted by atomic mass is 14.6. The van der Waals surface area contributed by atoms with Crippen LogP contribution >= 0.6 is 0 Å². The van der Waals surface area contributed by atoms with Gasteiger partial charge in [-0.25, -0.2) is 0 Å². The van der Waals surface area contributed by atoms with Crippen LogP contribution in [0.1, 0.15) is 59.3 Å². The summed E-state index contributed by atoms with van der Waals surface area (Å²) < 4.78 is 0. The van der Waals surface area contributed by atoms with Gasteiger partial charge in [0.1, 0.15) is 0 Å². The molecule has 0 spiro atoms. The second-order valence-corrected chi connectivity index (χ2v) is 5.27. The second-order valence-electron chi connectivity index (χ2n) is 5.27. The van der Waals surface area contributed by atoms with Gasteiger partial charge in [-0.05, 0) is 43.9 Å². The Hall–Kier alpha value is -0.0400. The van der Waals surface area contributed by atoms with Crippen molar-refractivity contribution in [2.24, 2.45) is 23.5 Å². The number of hydrogen-bond donors (Lipinski definition) is 1. The second kappa shape index (κ2) is 5.75. The van der Waals surface area contributed by atoms with E-state index in [1.807, 2.05) is 0 Å². The van der Waals surface area contributed by atoms with Crippen LogP contribution in [0.4, 0.5) is 0 Å². The van der Waals surface area contributed by atoms with E-state index < -0.39 is 0 Å². The molecule has 0 aromatic carbocycles. The molecule has 4 unspecified atom stereocenters. The van der Waals surface area contributed by atoms with Gasteiger partial charge in [0, 0.05) is 6.04 Å². The van der Waals surface area contributed by atoms with Crippen LogP contribution in [0.15, 0.2) is 0 Å². The molecular formula is C13H27N. The van der Waals surface area contributed by atoms with Gasteiger partial charge in [-0.3, -0.25) is 0 Å². The van der Waals surface area contributed by atoms with Crippen molar-refractivity contribution in [3.63, 3.8) is 0 Å². The first kappa shape index (κ1) is 12.0. The van der Waals surface area contributed by atoms with E-state index in [1.165, 1.54) is 38.5 Å². The molecule has 0 saturated heterocycles. The van der Waals surface area contributed by atoms with Crippen LogP contribution in [0.2, 0.25) is 0 Å². The van der Waals surface area contributed by atoms with Crippen LogP contribution in [-0.2, 0) is 0 Å². The monoisotopic (exact) mass is 197 g/mol. The minimum absolute atomic E-state index is 0.408. The van der Waals surface area contributed by atoms with Gasteiger partial charge in [-0.2, -0.15) is 0 Å². The Kier molecular flexibility index (Phi) is 4.94. The molecule has 0 aromatic heterocycles. The summed E-state index contributed by atoms with van der Waals surface area (Å²) in [4.78, 5) is 0. The predicted octanol–water partition coefficient (Wildman–Crippen LogP) is 3.58. The quantitative estimate of drug-likeness (QED) is 0.688. The van der Waals surface area contributed by atoms with Crippen LogP contribution in [0.25, 0.3) is 0 Å². The third-order valence-electron chi connectivity index (χ3n) is 4.25. The van der Waals surface area contributed by atoms with Gasteiger partial charge in [-0.15, -0.1) is 0 Å². The van der Waals surface area contributed by atoms with Crippen LogP contribution < -0.4 is 5.73 Å². The van der Waals surface area contributed by atoms with Crippen molar-refractivity contribution in [2.45, 2.75) is 65.3 Å². The molecule has 0 bridgehead atoms. The van der Waals surface area contributed by atoms with E-state index >= 15 is 0 Å². The molecule has 84 valence electrons. The Morgan fingerprint density at radius 2 is 1.64 bits per heavy atom. The summed E-state index contributed by atoms with van der Waals surface area (Å²) in [6, 6.07) is 0.408. The van der Waals surface area contributed by atoms with E-state index in [1.54, 1.807) is 0 Å². The average Bonchev–Trinajstić information content (AvgIpc) is 2.41. The maximum Gasteiger partial charge on any atom is 0.00387 e. The Morgan fingerprint density at radius 3 is 2.21 bits per heavy atom. The minimum atomic E-state index is 0.408. The highest BCUT2D eigenvalue weighted by Gasteiger charge is 2.23. The zero-order chi connectivity index (χ0) is 10.6. The lowest BCUT2D eigenvalue weighted by Gasteiger charge is -2.21. The minimum Gasteiger partial charge on any atom is -0.328 e. The van der Waals surface area contributed by atoms with Crippen molar-refractivity contribution in [1.82, 2.24) is 0 Å². The van der Waals surface area contributed by atoms with E-state index in [0.29, 0.717) is 6.04 Å². The topological polar surface area (TPSA) is 26.0 Å². The van der Waals surface area contributed by atoms with Crippen molar-refractivity contribution >= 4 is 0 Å². The van der Waals surface area contributed by atoms with E-state index in [9.17, 15) is 0 Å². The van der Waals surface area contributed by atoms with Crippen molar-refractivity contribution in [2.75, 3.05) is 0 Å². The van der Waals surface area contributed by atoms with Gasteiger partial charge >= 0.3 is 0 Å². The van der Waals surface area contributed by atoms with Gasteiger partial charge in [0.05, 0.1) is 0 Å². The van der Waals surface area contributed by atoms with Gasteiger partial charge in [-0.1, -0.05) is 33.1 Å². The third-order valence-corrected chi connectivity index (χ3v) is 4.25. The first-order valence-corrected chi connectivity index (χ1v) is 6.40. The predicted molar refractivity (Wildman–Crippen MR) is 63.2 cm³/mol. The molecule has 0 amide bonds. The maximum absolute atomic E-state index is 5.99. The molecule has 1 fully saturated rings. The summed E-state index contributed by atoms with van der Waals surface area (Å²) in [5.41, 5.74) is 5.99. The summed E-state index contributed by atoms with van der Waals surface area (Å²) in [5.74, 6) is 2.69. The molecule has 1 nitrogen and oxygen atoms in total. The lowest BCUT2D eigenvalue weighted by molar-refractivity contribution is 0.303. The van der Waals surface area contributed by atoms with Crippen molar-refractivity contribution in [3.05, 3.63) is 0 Å².